The Balaban J connectivity index is 1.80. The molecule has 0 saturated heterocycles. The van der Waals surface area contributed by atoms with Crippen LogP contribution in [0.5, 0.6) is 11.5 Å². The third kappa shape index (κ3) is 3.10. The van der Waals surface area contributed by atoms with Crippen molar-refractivity contribution in [2.45, 2.75) is 18.8 Å². The number of alkyl halides is 3. The normalized spacial score (nSPS) is 16.8. The molecular formula is C16H14F3NO2. The van der Waals surface area contributed by atoms with Crippen molar-refractivity contribution in [2.24, 2.45) is 0 Å². The summed E-state index contributed by atoms with van der Waals surface area (Å²) >= 11 is 0. The molecule has 1 N–H and O–H groups in total. The average molecular weight is 309 g/mol. The summed E-state index contributed by atoms with van der Waals surface area (Å²) in [6, 6.07) is 11.6. The van der Waals surface area contributed by atoms with Crippen molar-refractivity contribution in [1.29, 1.82) is 0 Å². The van der Waals surface area contributed by atoms with Crippen LogP contribution in [-0.2, 0) is 6.42 Å². The fourth-order valence-electron chi connectivity index (χ4n) is 2.60. The second-order valence-corrected chi connectivity index (χ2v) is 5.04. The Labute approximate surface area is 125 Å². The Morgan fingerprint density at radius 1 is 1.09 bits per heavy atom. The van der Waals surface area contributed by atoms with E-state index in [1.807, 2.05) is 18.2 Å². The molecule has 1 aliphatic heterocycles. The van der Waals surface area contributed by atoms with Crippen molar-refractivity contribution in [3.05, 3.63) is 53.6 Å². The van der Waals surface area contributed by atoms with E-state index in [4.69, 9.17) is 4.74 Å². The zero-order chi connectivity index (χ0) is 15.7. The van der Waals surface area contributed by atoms with Gasteiger partial charge in [0, 0.05) is 5.69 Å². The van der Waals surface area contributed by atoms with Gasteiger partial charge >= 0.3 is 6.36 Å². The third-order valence-electron chi connectivity index (χ3n) is 3.56. The van der Waals surface area contributed by atoms with Crippen LogP contribution in [0.3, 0.4) is 0 Å². The van der Waals surface area contributed by atoms with Gasteiger partial charge in [-0.05, 0) is 47.9 Å². The number of hydrogen-bond acceptors (Lipinski definition) is 3. The lowest BCUT2D eigenvalue weighted by Crippen LogP contribution is -2.17. The van der Waals surface area contributed by atoms with Crippen LogP contribution >= 0.6 is 0 Å². The molecule has 0 amide bonds. The summed E-state index contributed by atoms with van der Waals surface area (Å²) in [4.78, 5) is 0. The lowest BCUT2D eigenvalue weighted by atomic mass is 10.0. The molecule has 0 fully saturated rings. The van der Waals surface area contributed by atoms with Gasteiger partial charge < -0.3 is 14.8 Å². The van der Waals surface area contributed by atoms with Crippen molar-refractivity contribution in [1.82, 2.24) is 0 Å². The van der Waals surface area contributed by atoms with Crippen molar-refractivity contribution in [2.75, 3.05) is 12.4 Å². The smallest absolute Gasteiger partial charge is 0.497 e. The first kappa shape index (κ1) is 14.6. The van der Waals surface area contributed by atoms with Crippen LogP contribution in [0.15, 0.2) is 42.5 Å². The van der Waals surface area contributed by atoms with Crippen LogP contribution in [0, 0.1) is 0 Å². The van der Waals surface area contributed by atoms with Crippen LogP contribution in [-0.4, -0.2) is 13.5 Å². The van der Waals surface area contributed by atoms with Crippen molar-refractivity contribution >= 4 is 5.69 Å². The van der Waals surface area contributed by atoms with Crippen LogP contribution in [0.1, 0.15) is 17.2 Å². The summed E-state index contributed by atoms with van der Waals surface area (Å²) in [5.41, 5.74) is 2.79. The predicted molar refractivity (Wildman–Crippen MR) is 76.2 cm³/mol. The molecule has 6 heteroatoms. The molecule has 22 heavy (non-hydrogen) atoms. The van der Waals surface area contributed by atoms with Gasteiger partial charge in [-0.15, -0.1) is 13.2 Å². The maximum atomic E-state index is 12.3. The van der Waals surface area contributed by atoms with Gasteiger partial charge in [-0.1, -0.05) is 12.1 Å². The Kier molecular flexibility index (Phi) is 3.60. The fourth-order valence-corrected chi connectivity index (χ4v) is 2.60. The van der Waals surface area contributed by atoms with Crippen molar-refractivity contribution < 1.29 is 22.6 Å². The number of anilines is 1. The molecule has 2 aromatic carbocycles. The van der Waals surface area contributed by atoms with Crippen molar-refractivity contribution in [3.63, 3.8) is 0 Å². The van der Waals surface area contributed by atoms with Crippen LogP contribution in [0.2, 0.25) is 0 Å². The summed E-state index contributed by atoms with van der Waals surface area (Å²) in [5, 5.41) is 3.30. The number of ether oxygens (including phenoxy) is 2. The first-order valence-electron chi connectivity index (χ1n) is 6.74. The molecule has 0 radical (unpaired) electrons. The molecule has 1 unspecified atom stereocenters. The molecule has 1 heterocycles. The maximum absolute atomic E-state index is 12.3. The van der Waals surface area contributed by atoms with Crippen LogP contribution in [0.25, 0.3) is 0 Å². The van der Waals surface area contributed by atoms with E-state index in [1.165, 1.54) is 12.1 Å². The highest BCUT2D eigenvalue weighted by Gasteiger charge is 2.31. The SMILES string of the molecule is COc1ccc2c(c1)CC(c1cccc(OC(F)(F)F)c1)N2. The molecule has 1 aliphatic rings. The average Bonchev–Trinajstić information content (AvgIpc) is 2.88. The second kappa shape index (κ2) is 5.44. The molecule has 0 aromatic heterocycles. The van der Waals surface area contributed by atoms with Crippen LogP contribution < -0.4 is 14.8 Å². The van der Waals surface area contributed by atoms with E-state index in [9.17, 15) is 13.2 Å². The Morgan fingerprint density at radius 3 is 2.64 bits per heavy atom. The fraction of sp³-hybridized carbons (Fsp3) is 0.250. The molecule has 0 saturated carbocycles. The van der Waals surface area contributed by atoms with Gasteiger partial charge in [-0.2, -0.15) is 0 Å². The van der Waals surface area contributed by atoms with Crippen LogP contribution in [0.4, 0.5) is 18.9 Å². The summed E-state index contributed by atoms with van der Waals surface area (Å²) in [6.07, 6.45) is -4.00. The molecule has 0 bridgehead atoms. The molecule has 1 atom stereocenters. The summed E-state index contributed by atoms with van der Waals surface area (Å²) in [6.45, 7) is 0. The van der Waals surface area contributed by atoms with Gasteiger partial charge in [0.1, 0.15) is 11.5 Å². The molecule has 116 valence electrons. The number of nitrogens with one attached hydrogen (secondary N) is 1. The lowest BCUT2D eigenvalue weighted by molar-refractivity contribution is -0.274. The van der Waals surface area contributed by atoms with E-state index >= 15 is 0 Å². The van der Waals surface area contributed by atoms with Gasteiger partial charge in [-0.25, -0.2) is 0 Å². The molecule has 2 aromatic rings. The van der Waals surface area contributed by atoms with E-state index in [2.05, 4.69) is 10.1 Å². The number of hydrogen-bond donors (Lipinski definition) is 1. The maximum Gasteiger partial charge on any atom is 0.573 e. The Hall–Kier alpha value is -2.37. The topological polar surface area (TPSA) is 30.5 Å². The summed E-state index contributed by atoms with van der Waals surface area (Å²) in [7, 11) is 1.60. The minimum atomic E-state index is -4.68. The zero-order valence-electron chi connectivity index (χ0n) is 11.8. The zero-order valence-corrected chi connectivity index (χ0v) is 11.8. The predicted octanol–water partition coefficient (Wildman–Crippen LogP) is 4.30. The van der Waals surface area contributed by atoms with E-state index in [-0.39, 0.29) is 11.8 Å². The standard InChI is InChI=1S/C16H14F3NO2/c1-21-12-5-6-14-11(8-12)9-15(20-14)10-3-2-4-13(7-10)22-16(17,18)19/h2-8,15,20H,9H2,1H3. The summed E-state index contributed by atoms with van der Waals surface area (Å²) in [5.74, 6) is 0.552. The number of methoxy groups -OCH3 is 1. The van der Waals surface area contributed by atoms with Gasteiger partial charge in [0.2, 0.25) is 0 Å². The van der Waals surface area contributed by atoms with Gasteiger partial charge in [0.25, 0.3) is 0 Å². The number of rotatable bonds is 3. The van der Waals surface area contributed by atoms with E-state index in [0.29, 0.717) is 6.42 Å². The summed E-state index contributed by atoms with van der Waals surface area (Å²) < 4.78 is 46.0. The Bertz CT molecular complexity index is 685. The molecule has 0 spiro atoms. The number of fused-ring (bicyclic) bond motifs is 1. The number of halogens is 3. The van der Waals surface area contributed by atoms with E-state index in [0.717, 1.165) is 22.6 Å². The van der Waals surface area contributed by atoms with Gasteiger partial charge in [0.05, 0.1) is 13.2 Å². The molecular weight excluding hydrogens is 295 g/mol. The quantitative estimate of drug-likeness (QED) is 0.917. The van der Waals surface area contributed by atoms with Gasteiger partial charge in [-0.3, -0.25) is 0 Å². The first-order chi connectivity index (χ1) is 10.4. The van der Waals surface area contributed by atoms with Crippen molar-refractivity contribution in [3.8, 4) is 11.5 Å². The highest BCUT2D eigenvalue weighted by molar-refractivity contribution is 5.60. The monoisotopic (exact) mass is 309 g/mol. The van der Waals surface area contributed by atoms with Gasteiger partial charge in [0.15, 0.2) is 0 Å². The minimum Gasteiger partial charge on any atom is -0.497 e. The van der Waals surface area contributed by atoms with E-state index in [1.54, 1.807) is 19.2 Å². The third-order valence-corrected chi connectivity index (χ3v) is 3.56. The Morgan fingerprint density at radius 2 is 1.91 bits per heavy atom. The highest BCUT2D eigenvalue weighted by Crippen LogP contribution is 2.37. The lowest BCUT2D eigenvalue weighted by Gasteiger charge is -2.14. The second-order valence-electron chi connectivity index (χ2n) is 5.04. The number of benzene rings is 2. The highest BCUT2D eigenvalue weighted by atomic mass is 19.4. The molecule has 0 aliphatic carbocycles. The molecule has 3 rings (SSSR count). The largest absolute Gasteiger partial charge is 0.573 e. The molecule has 3 nitrogen and oxygen atoms in total. The first-order valence-corrected chi connectivity index (χ1v) is 6.74. The van der Waals surface area contributed by atoms with E-state index < -0.39 is 6.36 Å². The minimum absolute atomic E-state index is 0.0844.